The van der Waals surface area contributed by atoms with Crippen LogP contribution in [0.1, 0.15) is 53.6 Å². The lowest BCUT2D eigenvalue weighted by Gasteiger charge is -2.34. The number of nitrogens with one attached hydrogen (secondary N) is 2. The van der Waals surface area contributed by atoms with Crippen molar-refractivity contribution in [3.8, 4) is 6.07 Å². The number of rotatable bonds is 5. The van der Waals surface area contributed by atoms with Gasteiger partial charge in [-0.3, -0.25) is 4.79 Å². The minimum Gasteiger partial charge on any atom is -0.466 e. The number of benzene rings is 1. The smallest absolute Gasteiger partial charge is 0.441 e. The summed E-state index contributed by atoms with van der Waals surface area (Å²) in [4.78, 5) is 26.1. The number of fused-ring (bicyclic) bond motifs is 1. The SMILES string of the molecule is COC(=O)[C@](NC(=O)c1ccccc1)(Nc1sc2c(c1C#N)CC[C@@H](C(C)(C)C)C2)C(F)(F)F. The highest BCUT2D eigenvalue weighted by atomic mass is 32.1. The number of hydrogen-bond donors (Lipinski definition) is 2. The number of alkyl halides is 3. The minimum atomic E-state index is -5.28. The highest BCUT2D eigenvalue weighted by molar-refractivity contribution is 7.16. The van der Waals surface area contributed by atoms with Crippen molar-refractivity contribution in [1.29, 1.82) is 5.26 Å². The van der Waals surface area contributed by atoms with Crippen LogP contribution in [0.2, 0.25) is 0 Å². The van der Waals surface area contributed by atoms with Crippen molar-refractivity contribution in [2.45, 2.75) is 51.9 Å². The molecule has 1 heterocycles. The maximum Gasteiger partial charge on any atom is 0.441 e. The van der Waals surface area contributed by atoms with E-state index in [4.69, 9.17) is 0 Å². The molecule has 1 aliphatic carbocycles. The standard InChI is InChI=1S/C24H26F3N3O3S/c1-22(2,3)15-10-11-16-17(13-28)20(34-18(16)12-15)30-23(21(32)33-4,24(25,26)27)29-19(31)14-8-6-5-7-9-14/h5-9,15,30H,10-12H2,1-4H3,(H,29,31)/t15-,23+/m1/s1. The Kier molecular flexibility index (Phi) is 6.99. The van der Waals surface area contributed by atoms with E-state index in [0.29, 0.717) is 24.3 Å². The molecule has 2 aromatic rings. The van der Waals surface area contributed by atoms with Crippen LogP contribution in [-0.2, 0) is 22.4 Å². The molecule has 2 N–H and O–H groups in total. The molecule has 1 aromatic carbocycles. The van der Waals surface area contributed by atoms with E-state index in [-0.39, 0.29) is 21.5 Å². The van der Waals surface area contributed by atoms with E-state index in [2.05, 4.69) is 30.8 Å². The van der Waals surface area contributed by atoms with Crippen LogP contribution in [0.4, 0.5) is 18.2 Å². The molecule has 2 atom stereocenters. The van der Waals surface area contributed by atoms with Crippen molar-refractivity contribution >= 4 is 28.2 Å². The maximum atomic E-state index is 14.5. The maximum absolute atomic E-state index is 14.5. The van der Waals surface area contributed by atoms with Crippen molar-refractivity contribution in [1.82, 2.24) is 5.32 Å². The monoisotopic (exact) mass is 493 g/mol. The number of thiophene rings is 1. The Morgan fingerprint density at radius 3 is 2.35 bits per heavy atom. The average molecular weight is 494 g/mol. The van der Waals surface area contributed by atoms with Crippen LogP contribution < -0.4 is 10.6 Å². The van der Waals surface area contributed by atoms with Gasteiger partial charge in [-0.05, 0) is 48.3 Å². The number of amides is 1. The average Bonchev–Trinajstić information content (AvgIpc) is 3.13. The molecule has 0 bridgehead atoms. The molecular weight excluding hydrogens is 467 g/mol. The molecule has 182 valence electrons. The zero-order valence-electron chi connectivity index (χ0n) is 19.3. The Labute approximate surface area is 200 Å². The highest BCUT2D eigenvalue weighted by Gasteiger charge is 2.64. The predicted octanol–water partition coefficient (Wildman–Crippen LogP) is 5.04. The normalized spacial score (nSPS) is 17.6. The first-order valence-corrected chi connectivity index (χ1v) is 11.5. The first kappa shape index (κ1) is 25.6. The number of anilines is 1. The van der Waals surface area contributed by atoms with Crippen molar-refractivity contribution in [2.24, 2.45) is 11.3 Å². The molecule has 0 fully saturated rings. The van der Waals surface area contributed by atoms with Gasteiger partial charge in [-0.25, -0.2) is 4.79 Å². The summed E-state index contributed by atoms with van der Waals surface area (Å²) in [7, 11) is 0.803. The molecule has 0 saturated heterocycles. The van der Waals surface area contributed by atoms with Gasteiger partial charge < -0.3 is 15.4 Å². The van der Waals surface area contributed by atoms with Gasteiger partial charge in [0.15, 0.2) is 0 Å². The number of esters is 1. The lowest BCUT2D eigenvalue weighted by Crippen LogP contribution is -2.69. The number of carbonyl (C=O) groups is 2. The molecule has 1 aliphatic rings. The van der Waals surface area contributed by atoms with Gasteiger partial charge in [0.05, 0.1) is 12.7 Å². The van der Waals surface area contributed by atoms with E-state index >= 15 is 0 Å². The Hall–Kier alpha value is -3.06. The molecule has 1 aromatic heterocycles. The van der Waals surface area contributed by atoms with E-state index in [1.165, 1.54) is 24.3 Å². The molecule has 6 nitrogen and oxygen atoms in total. The Balaban J connectivity index is 2.07. The minimum absolute atomic E-state index is 0.00647. The Bertz CT molecular complexity index is 1120. The fourth-order valence-electron chi connectivity index (χ4n) is 4.08. The van der Waals surface area contributed by atoms with Crippen LogP contribution >= 0.6 is 11.3 Å². The van der Waals surface area contributed by atoms with Crippen LogP contribution in [-0.4, -0.2) is 30.8 Å². The molecule has 0 unspecified atom stereocenters. The van der Waals surface area contributed by atoms with Crippen LogP contribution in [0.3, 0.4) is 0 Å². The molecule has 0 radical (unpaired) electrons. The first-order valence-electron chi connectivity index (χ1n) is 10.7. The molecule has 3 rings (SSSR count). The third kappa shape index (κ3) is 4.75. The van der Waals surface area contributed by atoms with Gasteiger partial charge in [0, 0.05) is 10.4 Å². The highest BCUT2D eigenvalue weighted by Crippen LogP contribution is 2.45. The number of halogens is 3. The summed E-state index contributed by atoms with van der Waals surface area (Å²) in [6.07, 6.45) is -3.32. The predicted molar refractivity (Wildman–Crippen MR) is 122 cm³/mol. The molecule has 0 saturated carbocycles. The summed E-state index contributed by atoms with van der Waals surface area (Å²) < 4.78 is 47.8. The van der Waals surface area contributed by atoms with Gasteiger partial charge in [-0.1, -0.05) is 39.0 Å². The number of nitriles is 1. The van der Waals surface area contributed by atoms with E-state index in [1.807, 2.05) is 6.07 Å². The number of methoxy groups -OCH3 is 1. The van der Waals surface area contributed by atoms with E-state index in [9.17, 15) is 28.0 Å². The largest absolute Gasteiger partial charge is 0.466 e. The molecule has 0 aliphatic heterocycles. The van der Waals surface area contributed by atoms with Crippen LogP contribution in [0, 0.1) is 22.7 Å². The second-order valence-electron chi connectivity index (χ2n) is 9.31. The Morgan fingerprint density at radius 1 is 1.18 bits per heavy atom. The molecule has 34 heavy (non-hydrogen) atoms. The van der Waals surface area contributed by atoms with E-state index < -0.39 is 23.7 Å². The zero-order valence-corrected chi connectivity index (χ0v) is 20.1. The summed E-state index contributed by atoms with van der Waals surface area (Å²) in [6, 6.07) is 9.22. The van der Waals surface area contributed by atoms with E-state index in [0.717, 1.165) is 29.7 Å². The van der Waals surface area contributed by atoms with Gasteiger partial charge in [-0.2, -0.15) is 18.4 Å². The third-order valence-electron chi connectivity index (χ3n) is 6.16. The van der Waals surface area contributed by atoms with Crippen LogP contribution in [0.25, 0.3) is 0 Å². The van der Waals surface area contributed by atoms with Crippen molar-refractivity contribution < 1.29 is 27.5 Å². The quantitative estimate of drug-likeness (QED) is 0.450. The Morgan fingerprint density at radius 2 is 1.82 bits per heavy atom. The number of ether oxygens (including phenoxy) is 1. The summed E-state index contributed by atoms with van der Waals surface area (Å²) in [6.45, 7) is 6.31. The van der Waals surface area contributed by atoms with Crippen molar-refractivity contribution in [3.63, 3.8) is 0 Å². The summed E-state index contributed by atoms with van der Waals surface area (Å²) in [5.41, 5.74) is -2.92. The lowest BCUT2D eigenvalue weighted by atomic mass is 9.72. The van der Waals surface area contributed by atoms with Gasteiger partial charge >= 0.3 is 17.8 Å². The number of nitrogens with zero attached hydrogens (tertiary/aromatic N) is 1. The summed E-state index contributed by atoms with van der Waals surface area (Å²) >= 11 is 1.01. The second kappa shape index (κ2) is 9.29. The molecule has 1 amide bonds. The molecular formula is C24H26F3N3O3S. The summed E-state index contributed by atoms with van der Waals surface area (Å²) in [5, 5.41) is 13.6. The summed E-state index contributed by atoms with van der Waals surface area (Å²) in [5.74, 6) is -2.57. The lowest BCUT2D eigenvalue weighted by molar-refractivity contribution is -0.203. The first-order chi connectivity index (χ1) is 15.8. The van der Waals surface area contributed by atoms with Gasteiger partial charge in [0.1, 0.15) is 11.1 Å². The van der Waals surface area contributed by atoms with Gasteiger partial charge in [0.25, 0.3) is 5.91 Å². The molecule has 10 heteroatoms. The number of hydrogen-bond acceptors (Lipinski definition) is 6. The molecule has 0 spiro atoms. The van der Waals surface area contributed by atoms with Gasteiger partial charge in [0.2, 0.25) is 0 Å². The van der Waals surface area contributed by atoms with Crippen LogP contribution in [0.15, 0.2) is 30.3 Å². The zero-order chi connectivity index (χ0) is 25.3. The fraction of sp³-hybridized carbons (Fsp3) is 0.458. The number of carbonyl (C=O) groups excluding carboxylic acids is 2. The topological polar surface area (TPSA) is 91.2 Å². The van der Waals surface area contributed by atoms with Crippen LogP contribution in [0.5, 0.6) is 0 Å². The van der Waals surface area contributed by atoms with Crippen molar-refractivity contribution in [2.75, 3.05) is 12.4 Å². The van der Waals surface area contributed by atoms with E-state index in [1.54, 1.807) is 11.4 Å². The fourth-order valence-corrected chi connectivity index (χ4v) is 5.41. The van der Waals surface area contributed by atoms with Crippen molar-refractivity contribution in [3.05, 3.63) is 51.9 Å². The second-order valence-corrected chi connectivity index (χ2v) is 10.4. The third-order valence-corrected chi connectivity index (χ3v) is 7.33. The van der Waals surface area contributed by atoms with Gasteiger partial charge in [-0.15, -0.1) is 11.3 Å².